The summed E-state index contributed by atoms with van der Waals surface area (Å²) in [7, 11) is 0. The highest BCUT2D eigenvalue weighted by Crippen LogP contribution is 2.13. The third-order valence-electron chi connectivity index (χ3n) is 5.53. The summed E-state index contributed by atoms with van der Waals surface area (Å²) in [6.45, 7) is 12.1. The Morgan fingerprint density at radius 1 is 0.893 bits per heavy atom. The molecule has 0 spiro atoms. The monoisotopic (exact) mass is 499 g/mol. The largest absolute Gasteiger partial charge is 0.357 e. The van der Waals surface area contributed by atoms with Gasteiger partial charge in [-0.15, -0.1) is 24.0 Å². The van der Waals surface area contributed by atoms with Crippen molar-refractivity contribution in [1.82, 2.24) is 20.4 Å². The van der Waals surface area contributed by atoms with Crippen LogP contribution in [0.25, 0.3) is 0 Å². The zero-order valence-electron chi connectivity index (χ0n) is 17.5. The lowest BCUT2D eigenvalue weighted by molar-refractivity contribution is 0.331. The van der Waals surface area contributed by atoms with Crippen LogP contribution in [0, 0.1) is 0 Å². The van der Waals surface area contributed by atoms with E-state index < -0.39 is 0 Å². The Morgan fingerprint density at radius 3 is 2.14 bits per heavy atom. The van der Waals surface area contributed by atoms with E-state index in [0.29, 0.717) is 0 Å². The molecule has 1 aromatic carbocycles. The van der Waals surface area contributed by atoms with Gasteiger partial charge in [0.15, 0.2) is 5.96 Å². The molecular weight excluding hydrogens is 461 g/mol. The van der Waals surface area contributed by atoms with Crippen LogP contribution in [0.4, 0.5) is 0 Å². The van der Waals surface area contributed by atoms with E-state index in [2.05, 4.69) is 51.6 Å². The average molecular weight is 499 g/mol. The molecule has 2 heterocycles. The number of rotatable bonds is 9. The predicted molar refractivity (Wildman–Crippen MR) is 129 cm³/mol. The molecular formula is C22H38IN5. The zero-order valence-corrected chi connectivity index (χ0v) is 19.8. The van der Waals surface area contributed by atoms with Gasteiger partial charge in [-0.1, -0.05) is 24.3 Å². The van der Waals surface area contributed by atoms with Crippen molar-refractivity contribution in [3.8, 4) is 0 Å². The maximum atomic E-state index is 4.76. The Hall–Kier alpha value is -0.860. The van der Waals surface area contributed by atoms with Gasteiger partial charge in [0.05, 0.1) is 6.54 Å². The molecule has 2 N–H and O–H groups in total. The number of halogens is 1. The molecule has 2 aliphatic heterocycles. The second-order valence-corrected chi connectivity index (χ2v) is 7.82. The van der Waals surface area contributed by atoms with E-state index in [1.807, 2.05) is 0 Å². The van der Waals surface area contributed by atoms with E-state index in [0.717, 1.165) is 32.1 Å². The lowest BCUT2D eigenvalue weighted by atomic mass is 10.1. The standard InChI is InChI=1S/C22H37N5.HI/c1-2-23-22(24-12-7-17-26-13-3-4-14-26)25-18-20-8-10-21(11-9-20)19-27-15-5-6-16-27;/h8-11H,2-7,12-19H2,1H3,(H2,23,24,25);1H. The van der Waals surface area contributed by atoms with Gasteiger partial charge in [0.1, 0.15) is 0 Å². The fraction of sp³-hybridized carbons (Fsp3) is 0.682. The Morgan fingerprint density at radius 2 is 1.50 bits per heavy atom. The molecule has 2 fully saturated rings. The number of hydrogen-bond donors (Lipinski definition) is 2. The van der Waals surface area contributed by atoms with Crippen molar-refractivity contribution in [2.45, 2.75) is 52.1 Å². The molecule has 0 saturated carbocycles. The summed E-state index contributed by atoms with van der Waals surface area (Å²) < 4.78 is 0. The van der Waals surface area contributed by atoms with Gasteiger partial charge < -0.3 is 15.5 Å². The van der Waals surface area contributed by atoms with E-state index in [4.69, 9.17) is 4.99 Å². The molecule has 1 aromatic rings. The van der Waals surface area contributed by atoms with Crippen LogP contribution in [0.3, 0.4) is 0 Å². The first-order valence-corrected chi connectivity index (χ1v) is 10.9. The normalized spacial score (nSPS) is 18.2. The lowest BCUT2D eigenvalue weighted by Crippen LogP contribution is -2.38. The highest BCUT2D eigenvalue weighted by atomic mass is 127. The summed E-state index contributed by atoms with van der Waals surface area (Å²) in [6.07, 6.45) is 6.62. The van der Waals surface area contributed by atoms with Gasteiger partial charge in [-0.25, -0.2) is 4.99 Å². The van der Waals surface area contributed by atoms with Gasteiger partial charge in [-0.05, 0) is 82.9 Å². The molecule has 0 aliphatic carbocycles. The molecule has 0 amide bonds. The van der Waals surface area contributed by atoms with Crippen LogP contribution in [0.5, 0.6) is 0 Å². The smallest absolute Gasteiger partial charge is 0.191 e. The third-order valence-corrected chi connectivity index (χ3v) is 5.53. The minimum atomic E-state index is 0. The summed E-state index contributed by atoms with van der Waals surface area (Å²) in [6, 6.07) is 8.98. The number of hydrogen-bond acceptors (Lipinski definition) is 3. The molecule has 6 heteroatoms. The number of nitrogens with one attached hydrogen (secondary N) is 2. The molecule has 0 radical (unpaired) electrons. The summed E-state index contributed by atoms with van der Waals surface area (Å²) in [4.78, 5) is 9.87. The molecule has 2 saturated heterocycles. The van der Waals surface area contributed by atoms with Crippen molar-refractivity contribution in [1.29, 1.82) is 0 Å². The second kappa shape index (κ2) is 13.4. The van der Waals surface area contributed by atoms with Crippen molar-refractivity contribution in [3.05, 3.63) is 35.4 Å². The first-order chi connectivity index (χ1) is 13.3. The Labute approximate surface area is 188 Å². The van der Waals surface area contributed by atoms with Crippen LogP contribution in [0.1, 0.15) is 50.2 Å². The number of guanidine groups is 1. The van der Waals surface area contributed by atoms with E-state index in [1.54, 1.807) is 0 Å². The first-order valence-electron chi connectivity index (χ1n) is 10.9. The molecule has 0 unspecified atom stereocenters. The maximum Gasteiger partial charge on any atom is 0.191 e. The van der Waals surface area contributed by atoms with Crippen molar-refractivity contribution >= 4 is 29.9 Å². The summed E-state index contributed by atoms with van der Waals surface area (Å²) >= 11 is 0. The Bertz CT molecular complexity index is 563. The SMILES string of the molecule is CCNC(=NCc1ccc(CN2CCCC2)cc1)NCCCN1CCCC1.I. The Balaban J connectivity index is 0.00000280. The number of benzene rings is 1. The summed E-state index contributed by atoms with van der Waals surface area (Å²) in [5.41, 5.74) is 2.69. The van der Waals surface area contributed by atoms with E-state index in [-0.39, 0.29) is 24.0 Å². The summed E-state index contributed by atoms with van der Waals surface area (Å²) in [5, 5.41) is 6.84. The number of likely N-dealkylation sites (tertiary alicyclic amines) is 2. The van der Waals surface area contributed by atoms with Crippen molar-refractivity contribution in [2.24, 2.45) is 4.99 Å². The molecule has 0 aromatic heterocycles. The maximum absolute atomic E-state index is 4.76. The molecule has 2 aliphatic rings. The molecule has 3 rings (SSSR count). The van der Waals surface area contributed by atoms with Crippen molar-refractivity contribution in [3.63, 3.8) is 0 Å². The second-order valence-electron chi connectivity index (χ2n) is 7.82. The molecule has 0 bridgehead atoms. The van der Waals surface area contributed by atoms with Gasteiger partial charge in [-0.2, -0.15) is 0 Å². The fourth-order valence-electron chi connectivity index (χ4n) is 3.98. The van der Waals surface area contributed by atoms with Crippen molar-refractivity contribution in [2.75, 3.05) is 45.8 Å². The molecule has 0 atom stereocenters. The van der Waals surface area contributed by atoms with Crippen LogP contribution in [-0.4, -0.2) is 61.6 Å². The van der Waals surface area contributed by atoms with Crippen molar-refractivity contribution < 1.29 is 0 Å². The molecule has 5 nitrogen and oxygen atoms in total. The van der Waals surface area contributed by atoms with Crippen LogP contribution >= 0.6 is 24.0 Å². The summed E-state index contributed by atoms with van der Waals surface area (Å²) in [5.74, 6) is 0.931. The van der Waals surface area contributed by atoms with Crippen LogP contribution in [-0.2, 0) is 13.1 Å². The van der Waals surface area contributed by atoms with E-state index >= 15 is 0 Å². The quantitative estimate of drug-likeness (QED) is 0.237. The molecule has 28 heavy (non-hydrogen) atoms. The molecule has 158 valence electrons. The number of aliphatic imine (C=N–C) groups is 1. The van der Waals surface area contributed by atoms with Gasteiger partial charge >= 0.3 is 0 Å². The minimum absolute atomic E-state index is 0. The van der Waals surface area contributed by atoms with Gasteiger partial charge in [-0.3, -0.25) is 4.90 Å². The van der Waals surface area contributed by atoms with Crippen LogP contribution in [0.15, 0.2) is 29.3 Å². The Kier molecular flexibility index (Phi) is 11.2. The predicted octanol–water partition coefficient (Wildman–Crippen LogP) is 3.44. The number of nitrogens with zero attached hydrogens (tertiary/aromatic N) is 3. The first kappa shape index (κ1) is 23.4. The highest BCUT2D eigenvalue weighted by molar-refractivity contribution is 14.0. The highest BCUT2D eigenvalue weighted by Gasteiger charge is 2.12. The third kappa shape index (κ3) is 8.25. The van der Waals surface area contributed by atoms with Gasteiger partial charge in [0.2, 0.25) is 0 Å². The van der Waals surface area contributed by atoms with E-state index in [9.17, 15) is 0 Å². The van der Waals surface area contributed by atoms with Crippen LogP contribution < -0.4 is 10.6 Å². The zero-order chi connectivity index (χ0) is 18.7. The van der Waals surface area contributed by atoms with Gasteiger partial charge in [0, 0.05) is 19.6 Å². The van der Waals surface area contributed by atoms with E-state index in [1.165, 1.54) is 76.0 Å². The minimum Gasteiger partial charge on any atom is -0.357 e. The lowest BCUT2D eigenvalue weighted by Gasteiger charge is -2.16. The average Bonchev–Trinajstić information content (AvgIpc) is 3.38. The van der Waals surface area contributed by atoms with Crippen LogP contribution in [0.2, 0.25) is 0 Å². The fourth-order valence-corrected chi connectivity index (χ4v) is 3.98. The van der Waals surface area contributed by atoms with Gasteiger partial charge in [0.25, 0.3) is 0 Å². The topological polar surface area (TPSA) is 42.9 Å².